The van der Waals surface area contributed by atoms with Crippen molar-refractivity contribution in [3.63, 3.8) is 0 Å². The quantitative estimate of drug-likeness (QED) is 0.754. The van der Waals surface area contributed by atoms with Gasteiger partial charge in [-0.05, 0) is 36.5 Å². The third kappa shape index (κ3) is 6.82. The molecule has 1 aromatic rings. The number of carbonyl (C=O) groups is 1. The number of aliphatic hydroxyl groups is 1. The van der Waals surface area contributed by atoms with E-state index in [1.807, 2.05) is 0 Å². The lowest BCUT2D eigenvalue weighted by Gasteiger charge is -2.13. The summed E-state index contributed by atoms with van der Waals surface area (Å²) in [5.74, 6) is 0.928. The van der Waals surface area contributed by atoms with Gasteiger partial charge in [0.25, 0.3) is 0 Å². The molecule has 106 valence electrons. The zero-order valence-electron chi connectivity index (χ0n) is 11.6. The van der Waals surface area contributed by atoms with Crippen molar-refractivity contribution < 1.29 is 14.6 Å². The first-order valence-electron chi connectivity index (χ1n) is 6.65. The fraction of sp³-hybridized carbons (Fsp3) is 0.533. The molecule has 0 bridgehead atoms. The molecule has 1 atom stereocenters. The Labute approximate surface area is 114 Å². The molecule has 0 saturated carbocycles. The standard InChI is InChI=1S/C15H23NO3/c1-11(2)3-6-13(17)10-19-14-7-4-12(5-8-14)9-15(16)18/h4-5,7-8,11,13,17H,3,6,9-10H2,1-2H3,(H2,16,18). The molecule has 1 rings (SSSR count). The van der Waals surface area contributed by atoms with E-state index in [1.165, 1.54) is 0 Å². The van der Waals surface area contributed by atoms with Crippen LogP contribution in [0.25, 0.3) is 0 Å². The van der Waals surface area contributed by atoms with Gasteiger partial charge >= 0.3 is 0 Å². The van der Waals surface area contributed by atoms with Gasteiger partial charge in [0.1, 0.15) is 12.4 Å². The number of rotatable bonds is 8. The van der Waals surface area contributed by atoms with Gasteiger partial charge in [0, 0.05) is 0 Å². The second-order valence-corrected chi connectivity index (χ2v) is 5.22. The van der Waals surface area contributed by atoms with E-state index in [9.17, 15) is 9.90 Å². The summed E-state index contributed by atoms with van der Waals surface area (Å²) in [6, 6.07) is 7.18. The third-order valence-corrected chi connectivity index (χ3v) is 2.82. The van der Waals surface area contributed by atoms with Crippen LogP contribution in [-0.2, 0) is 11.2 Å². The molecule has 0 fully saturated rings. The second-order valence-electron chi connectivity index (χ2n) is 5.22. The fourth-order valence-corrected chi connectivity index (χ4v) is 1.71. The molecule has 1 amide bonds. The maximum absolute atomic E-state index is 10.8. The normalized spacial score (nSPS) is 12.4. The predicted octanol–water partition coefficient (Wildman–Crippen LogP) is 1.89. The van der Waals surface area contributed by atoms with Crippen molar-refractivity contribution in [2.45, 2.75) is 39.2 Å². The van der Waals surface area contributed by atoms with Crippen LogP contribution in [-0.4, -0.2) is 23.7 Å². The minimum Gasteiger partial charge on any atom is -0.491 e. The van der Waals surface area contributed by atoms with Crippen molar-refractivity contribution in [2.75, 3.05) is 6.61 Å². The first kappa shape index (κ1) is 15.5. The topological polar surface area (TPSA) is 72.6 Å². The molecule has 0 spiro atoms. The second kappa shape index (κ2) is 7.79. The molecule has 0 radical (unpaired) electrons. The SMILES string of the molecule is CC(C)CCC(O)COc1ccc(CC(N)=O)cc1. The molecule has 1 unspecified atom stereocenters. The van der Waals surface area contributed by atoms with Gasteiger partial charge in [-0.15, -0.1) is 0 Å². The number of hydrogen-bond acceptors (Lipinski definition) is 3. The van der Waals surface area contributed by atoms with Crippen LogP contribution < -0.4 is 10.5 Å². The molecule has 0 heterocycles. The highest BCUT2D eigenvalue weighted by Gasteiger charge is 2.07. The maximum atomic E-state index is 10.8. The lowest BCUT2D eigenvalue weighted by atomic mass is 10.1. The maximum Gasteiger partial charge on any atom is 0.221 e. The van der Waals surface area contributed by atoms with Crippen LogP contribution in [0.2, 0.25) is 0 Å². The van der Waals surface area contributed by atoms with Crippen LogP contribution in [0.4, 0.5) is 0 Å². The third-order valence-electron chi connectivity index (χ3n) is 2.82. The van der Waals surface area contributed by atoms with Gasteiger partial charge in [-0.25, -0.2) is 0 Å². The van der Waals surface area contributed by atoms with Gasteiger partial charge in [-0.1, -0.05) is 26.0 Å². The fourth-order valence-electron chi connectivity index (χ4n) is 1.71. The zero-order chi connectivity index (χ0) is 14.3. The van der Waals surface area contributed by atoms with Gasteiger partial charge in [0.15, 0.2) is 0 Å². The number of primary amides is 1. The molecule has 19 heavy (non-hydrogen) atoms. The number of nitrogens with two attached hydrogens (primary N) is 1. The Morgan fingerprint density at radius 2 is 1.89 bits per heavy atom. The number of ether oxygens (including phenoxy) is 1. The smallest absolute Gasteiger partial charge is 0.221 e. The largest absolute Gasteiger partial charge is 0.491 e. The van der Waals surface area contributed by atoms with Gasteiger partial charge in [0.05, 0.1) is 12.5 Å². The molecule has 0 aliphatic rings. The van der Waals surface area contributed by atoms with Crippen molar-refractivity contribution in [2.24, 2.45) is 11.7 Å². The van der Waals surface area contributed by atoms with Gasteiger partial charge < -0.3 is 15.6 Å². The summed E-state index contributed by atoms with van der Waals surface area (Å²) in [6.45, 7) is 4.55. The van der Waals surface area contributed by atoms with Gasteiger partial charge in [0.2, 0.25) is 5.91 Å². The Hall–Kier alpha value is -1.55. The van der Waals surface area contributed by atoms with E-state index in [1.54, 1.807) is 24.3 Å². The summed E-state index contributed by atoms with van der Waals surface area (Å²) in [6.07, 6.45) is 1.53. The van der Waals surface area contributed by atoms with Crippen molar-refractivity contribution in [3.05, 3.63) is 29.8 Å². The minimum atomic E-state index is -0.437. The summed E-state index contributed by atoms with van der Waals surface area (Å²) in [5, 5.41) is 9.75. The minimum absolute atomic E-state index is 0.233. The lowest BCUT2D eigenvalue weighted by molar-refractivity contribution is -0.117. The molecule has 0 aromatic heterocycles. The van der Waals surface area contributed by atoms with Crippen LogP contribution in [0.3, 0.4) is 0 Å². The van der Waals surface area contributed by atoms with Gasteiger partial charge in [-0.2, -0.15) is 0 Å². The van der Waals surface area contributed by atoms with Crippen LogP contribution in [0.5, 0.6) is 5.75 Å². The first-order valence-corrected chi connectivity index (χ1v) is 6.65. The van der Waals surface area contributed by atoms with Crippen LogP contribution >= 0.6 is 0 Å². The number of aliphatic hydroxyl groups excluding tert-OH is 1. The molecule has 0 aliphatic carbocycles. The predicted molar refractivity (Wildman–Crippen MR) is 74.9 cm³/mol. The zero-order valence-corrected chi connectivity index (χ0v) is 11.6. The Bertz CT molecular complexity index is 387. The number of hydrogen-bond donors (Lipinski definition) is 2. The summed E-state index contributed by atoms with van der Waals surface area (Å²) in [4.78, 5) is 10.8. The van der Waals surface area contributed by atoms with Crippen molar-refractivity contribution in [3.8, 4) is 5.75 Å². The Kier molecular flexibility index (Phi) is 6.36. The van der Waals surface area contributed by atoms with Crippen LogP contribution in [0, 0.1) is 5.92 Å². The van der Waals surface area contributed by atoms with E-state index in [0.717, 1.165) is 18.4 Å². The highest BCUT2D eigenvalue weighted by molar-refractivity contribution is 5.76. The van der Waals surface area contributed by atoms with Gasteiger partial charge in [-0.3, -0.25) is 4.79 Å². The number of benzene rings is 1. The van der Waals surface area contributed by atoms with Crippen molar-refractivity contribution >= 4 is 5.91 Å². The number of carbonyl (C=O) groups excluding carboxylic acids is 1. The molecule has 0 saturated heterocycles. The van der Waals surface area contributed by atoms with E-state index in [2.05, 4.69) is 13.8 Å². The molecular formula is C15H23NO3. The lowest BCUT2D eigenvalue weighted by Crippen LogP contribution is -2.18. The highest BCUT2D eigenvalue weighted by Crippen LogP contribution is 2.14. The molecule has 1 aromatic carbocycles. The summed E-state index contributed by atoms with van der Waals surface area (Å²) in [5.41, 5.74) is 5.98. The van der Waals surface area contributed by atoms with E-state index < -0.39 is 6.10 Å². The summed E-state index contributed by atoms with van der Waals surface area (Å²) < 4.78 is 5.49. The summed E-state index contributed by atoms with van der Waals surface area (Å²) in [7, 11) is 0. The summed E-state index contributed by atoms with van der Waals surface area (Å²) >= 11 is 0. The highest BCUT2D eigenvalue weighted by atomic mass is 16.5. The Morgan fingerprint density at radius 3 is 2.42 bits per heavy atom. The average Bonchev–Trinajstić information content (AvgIpc) is 2.35. The molecule has 4 heteroatoms. The van der Waals surface area contributed by atoms with Crippen LogP contribution in [0.15, 0.2) is 24.3 Å². The number of amides is 1. The molecule has 0 aliphatic heterocycles. The Balaban J connectivity index is 2.35. The average molecular weight is 265 g/mol. The molecule has 3 N–H and O–H groups in total. The van der Waals surface area contributed by atoms with Crippen molar-refractivity contribution in [1.82, 2.24) is 0 Å². The van der Waals surface area contributed by atoms with Crippen LogP contribution in [0.1, 0.15) is 32.3 Å². The first-order chi connectivity index (χ1) is 8.97. The Morgan fingerprint density at radius 1 is 1.26 bits per heavy atom. The monoisotopic (exact) mass is 265 g/mol. The van der Waals surface area contributed by atoms with E-state index in [0.29, 0.717) is 18.3 Å². The van der Waals surface area contributed by atoms with E-state index >= 15 is 0 Å². The van der Waals surface area contributed by atoms with Crippen molar-refractivity contribution in [1.29, 1.82) is 0 Å². The van der Waals surface area contributed by atoms with E-state index in [4.69, 9.17) is 10.5 Å². The molecular weight excluding hydrogens is 242 g/mol. The molecule has 4 nitrogen and oxygen atoms in total. The van der Waals surface area contributed by atoms with E-state index in [-0.39, 0.29) is 12.3 Å².